The Hall–Kier alpha value is -2.64. The minimum absolute atomic E-state index is 0.385. The van der Waals surface area contributed by atoms with Gasteiger partial charge in [-0.1, -0.05) is 98.1 Å². The summed E-state index contributed by atoms with van der Waals surface area (Å²) < 4.78 is 14.6. The van der Waals surface area contributed by atoms with Crippen molar-refractivity contribution in [2.45, 2.75) is 32.1 Å². The lowest BCUT2D eigenvalue weighted by Gasteiger charge is -2.27. The number of rotatable bonds is 7. The van der Waals surface area contributed by atoms with Gasteiger partial charge in [0.1, 0.15) is 7.14 Å². The number of nitrogens with zero attached hydrogens (tertiary/aromatic N) is 1. The Bertz CT molecular complexity index is 953. The largest absolute Gasteiger partial charge is 0.313 e. The molecule has 0 aliphatic heterocycles. The van der Waals surface area contributed by atoms with Crippen molar-refractivity contribution in [2.24, 2.45) is 11.0 Å². The number of para-hydroxylation sites is 1. The number of anilines is 1. The van der Waals surface area contributed by atoms with Gasteiger partial charge in [-0.3, -0.25) is 5.43 Å². The maximum absolute atomic E-state index is 14.6. The summed E-state index contributed by atoms with van der Waals surface area (Å²) in [6, 6.07) is 29.9. The maximum Gasteiger partial charge on any atom is 0.148 e. The molecule has 3 nitrogen and oxygen atoms in total. The highest BCUT2D eigenvalue weighted by Gasteiger charge is 2.32. The van der Waals surface area contributed by atoms with E-state index in [2.05, 4.69) is 5.43 Å². The van der Waals surface area contributed by atoms with Crippen molar-refractivity contribution in [3.63, 3.8) is 0 Å². The highest BCUT2D eigenvalue weighted by molar-refractivity contribution is 7.79. The molecule has 0 aromatic heterocycles. The van der Waals surface area contributed by atoms with E-state index in [-0.39, 0.29) is 0 Å². The molecule has 0 spiro atoms. The average Bonchev–Trinajstić information content (AvgIpc) is 2.84. The molecule has 0 radical (unpaired) electrons. The first-order valence-corrected chi connectivity index (χ1v) is 12.7. The van der Waals surface area contributed by atoms with Crippen LogP contribution in [0.4, 0.5) is 5.69 Å². The molecule has 0 atom stereocenters. The van der Waals surface area contributed by atoms with Crippen molar-refractivity contribution in [2.75, 3.05) is 11.6 Å². The Morgan fingerprint density at radius 3 is 1.80 bits per heavy atom. The fourth-order valence-electron chi connectivity index (χ4n) is 4.24. The van der Waals surface area contributed by atoms with Gasteiger partial charge in [-0.2, -0.15) is 5.10 Å². The molecular formula is C26H29N2OP. The van der Waals surface area contributed by atoms with E-state index in [1.54, 1.807) is 0 Å². The third-order valence-electron chi connectivity index (χ3n) is 5.91. The molecule has 0 bridgehead atoms. The van der Waals surface area contributed by atoms with Gasteiger partial charge in [-0.15, -0.1) is 0 Å². The molecule has 3 aromatic rings. The zero-order valence-electron chi connectivity index (χ0n) is 17.3. The van der Waals surface area contributed by atoms with E-state index in [0.29, 0.717) is 12.1 Å². The molecule has 1 N–H and O–H groups in total. The van der Waals surface area contributed by atoms with Gasteiger partial charge in [-0.05, 0) is 30.9 Å². The van der Waals surface area contributed by atoms with Gasteiger partial charge in [0.25, 0.3) is 0 Å². The van der Waals surface area contributed by atoms with Gasteiger partial charge in [0.05, 0.1) is 5.69 Å². The van der Waals surface area contributed by atoms with Crippen molar-refractivity contribution < 1.29 is 4.57 Å². The Labute approximate surface area is 179 Å². The van der Waals surface area contributed by atoms with Crippen LogP contribution in [0.15, 0.2) is 96.1 Å². The molecule has 1 aliphatic rings. The molecule has 0 amide bonds. The Morgan fingerprint density at radius 1 is 0.767 bits per heavy atom. The first kappa shape index (κ1) is 20.6. The lowest BCUT2D eigenvalue weighted by Crippen LogP contribution is -2.28. The molecule has 4 heteroatoms. The number of hydrazone groups is 1. The molecule has 154 valence electrons. The summed E-state index contributed by atoms with van der Waals surface area (Å²) in [4.78, 5) is 0. The number of hydrogen-bond acceptors (Lipinski definition) is 3. The van der Waals surface area contributed by atoms with Gasteiger partial charge in [0, 0.05) is 22.5 Å². The van der Waals surface area contributed by atoms with Crippen molar-refractivity contribution in [3.05, 3.63) is 91.0 Å². The molecule has 0 unspecified atom stereocenters. The minimum Gasteiger partial charge on any atom is -0.313 e. The predicted octanol–water partition coefficient (Wildman–Crippen LogP) is 6.05. The van der Waals surface area contributed by atoms with Crippen molar-refractivity contribution >= 4 is 29.2 Å². The molecule has 30 heavy (non-hydrogen) atoms. The number of hydrogen-bond donors (Lipinski definition) is 1. The van der Waals surface area contributed by atoms with E-state index >= 15 is 0 Å². The average molecular weight is 417 g/mol. The zero-order chi connectivity index (χ0) is 20.7. The topological polar surface area (TPSA) is 41.5 Å². The second-order valence-corrected chi connectivity index (χ2v) is 10.8. The normalized spacial score (nSPS) is 15.7. The smallest absolute Gasteiger partial charge is 0.148 e. The third kappa shape index (κ3) is 4.91. The minimum atomic E-state index is -2.84. The summed E-state index contributed by atoms with van der Waals surface area (Å²) in [7, 11) is -2.84. The summed E-state index contributed by atoms with van der Waals surface area (Å²) in [5.74, 6) is 0.385. The molecule has 0 saturated heterocycles. The summed E-state index contributed by atoms with van der Waals surface area (Å²) >= 11 is 0. The fourth-order valence-corrected chi connectivity index (χ4v) is 6.99. The number of benzene rings is 3. The fraction of sp³-hybridized carbons (Fsp3) is 0.269. The van der Waals surface area contributed by atoms with Gasteiger partial charge in [0.2, 0.25) is 0 Å². The molecular weight excluding hydrogens is 387 g/mol. The van der Waals surface area contributed by atoms with Gasteiger partial charge in [0.15, 0.2) is 0 Å². The van der Waals surface area contributed by atoms with Crippen molar-refractivity contribution in [1.82, 2.24) is 0 Å². The number of nitrogens with one attached hydrogen (secondary N) is 1. The van der Waals surface area contributed by atoms with E-state index in [9.17, 15) is 4.57 Å². The second-order valence-electron chi connectivity index (χ2n) is 7.98. The molecule has 1 aliphatic carbocycles. The van der Waals surface area contributed by atoms with Crippen LogP contribution in [0.5, 0.6) is 0 Å². The van der Waals surface area contributed by atoms with Crippen LogP contribution < -0.4 is 16.0 Å². The van der Waals surface area contributed by atoms with Crippen molar-refractivity contribution in [3.8, 4) is 0 Å². The Balaban J connectivity index is 1.71. The van der Waals surface area contributed by atoms with Crippen LogP contribution in [-0.2, 0) is 4.57 Å². The molecule has 1 fully saturated rings. The summed E-state index contributed by atoms with van der Waals surface area (Å²) in [6.07, 6.45) is 6.44. The van der Waals surface area contributed by atoms with Crippen LogP contribution in [-0.4, -0.2) is 11.9 Å². The Kier molecular flexibility index (Phi) is 6.81. The van der Waals surface area contributed by atoms with E-state index in [0.717, 1.165) is 34.8 Å². The standard InChI is InChI=1S/C26H29N2OP/c29-30(24-17-9-3-10-18-24,25-19-11-4-12-20-25)21-26(22-13-5-1-6-14-22)28-27-23-15-7-2-8-16-23/h2-4,7-12,15-20,22,27H,1,5-6,13-14,21H2/b28-26+. The van der Waals surface area contributed by atoms with Crippen LogP contribution in [0.3, 0.4) is 0 Å². The highest BCUT2D eigenvalue weighted by atomic mass is 31.2. The van der Waals surface area contributed by atoms with E-state index in [1.165, 1.54) is 19.3 Å². The Morgan fingerprint density at radius 2 is 1.27 bits per heavy atom. The lowest BCUT2D eigenvalue weighted by molar-refractivity contribution is 0.438. The first-order chi connectivity index (χ1) is 14.8. The van der Waals surface area contributed by atoms with E-state index < -0.39 is 7.14 Å². The highest BCUT2D eigenvalue weighted by Crippen LogP contribution is 2.45. The molecule has 0 heterocycles. The summed E-state index contributed by atoms with van der Waals surface area (Å²) in [5, 5.41) is 6.65. The maximum atomic E-state index is 14.6. The predicted molar refractivity (Wildman–Crippen MR) is 129 cm³/mol. The summed E-state index contributed by atoms with van der Waals surface area (Å²) in [5.41, 5.74) is 5.23. The SMILES string of the molecule is O=P(C/C(=N\Nc1ccccc1)C1CCCCC1)(c1ccccc1)c1ccccc1. The van der Waals surface area contributed by atoms with Crippen molar-refractivity contribution in [1.29, 1.82) is 0 Å². The van der Waals surface area contributed by atoms with E-state index in [1.807, 2.05) is 91.0 Å². The van der Waals surface area contributed by atoms with Crippen LogP contribution in [0, 0.1) is 5.92 Å². The van der Waals surface area contributed by atoms with Gasteiger partial charge < -0.3 is 4.57 Å². The molecule has 4 rings (SSSR count). The van der Waals surface area contributed by atoms with E-state index in [4.69, 9.17) is 5.10 Å². The third-order valence-corrected chi connectivity index (χ3v) is 8.94. The quantitative estimate of drug-likeness (QED) is 0.289. The van der Waals surface area contributed by atoms with Crippen LogP contribution >= 0.6 is 7.14 Å². The monoisotopic (exact) mass is 416 g/mol. The summed E-state index contributed by atoms with van der Waals surface area (Å²) in [6.45, 7) is 0. The lowest BCUT2D eigenvalue weighted by atomic mass is 9.86. The van der Waals surface area contributed by atoms with Crippen LogP contribution in [0.25, 0.3) is 0 Å². The first-order valence-electron chi connectivity index (χ1n) is 10.8. The van der Waals surface area contributed by atoms with Gasteiger partial charge >= 0.3 is 0 Å². The second kappa shape index (κ2) is 9.91. The van der Waals surface area contributed by atoms with Gasteiger partial charge in [-0.25, -0.2) is 0 Å². The van der Waals surface area contributed by atoms with Crippen LogP contribution in [0.2, 0.25) is 0 Å². The zero-order valence-corrected chi connectivity index (χ0v) is 18.2. The molecule has 1 saturated carbocycles. The van der Waals surface area contributed by atoms with Crippen LogP contribution in [0.1, 0.15) is 32.1 Å². The molecule has 3 aromatic carbocycles.